The molecule has 1 unspecified atom stereocenters. The number of fused-ring (bicyclic) bond motifs is 1. The molecule has 0 amide bonds. The summed E-state index contributed by atoms with van der Waals surface area (Å²) >= 11 is 0. The molecule has 0 aliphatic rings. The lowest BCUT2D eigenvalue weighted by Gasteiger charge is -2.14. The minimum atomic E-state index is -0.171. The molecule has 2 N–H and O–H groups in total. The number of aromatic nitrogens is 1. The van der Waals surface area contributed by atoms with E-state index >= 15 is 0 Å². The van der Waals surface area contributed by atoms with E-state index in [-0.39, 0.29) is 6.04 Å². The molecule has 90 valence electrons. The van der Waals surface area contributed by atoms with E-state index in [2.05, 4.69) is 11.1 Å². The summed E-state index contributed by atoms with van der Waals surface area (Å²) in [6, 6.07) is 9.87. The van der Waals surface area contributed by atoms with E-state index < -0.39 is 0 Å². The number of nitrogens with zero attached hydrogens (tertiary/aromatic N) is 1. The maximum Gasteiger partial charge on any atom is 0.105 e. The van der Waals surface area contributed by atoms with Gasteiger partial charge in [-0.1, -0.05) is 18.2 Å². The molecular weight excluding hydrogens is 224 g/mol. The van der Waals surface area contributed by atoms with Crippen LogP contribution in [0.3, 0.4) is 0 Å². The quantitative estimate of drug-likeness (QED) is 0.746. The van der Waals surface area contributed by atoms with Gasteiger partial charge < -0.3 is 10.2 Å². The molecule has 0 saturated carbocycles. The minimum Gasteiger partial charge on any atom is -0.469 e. The molecule has 1 atom stereocenters. The lowest BCUT2D eigenvalue weighted by atomic mass is 9.95. The first-order valence-corrected chi connectivity index (χ1v) is 5.89. The van der Waals surface area contributed by atoms with Crippen LogP contribution in [0.15, 0.2) is 53.4 Å². The minimum absolute atomic E-state index is 0.171. The Kier molecular flexibility index (Phi) is 2.61. The normalized spacial score (nSPS) is 12.8. The highest BCUT2D eigenvalue weighted by molar-refractivity contribution is 5.85. The topological polar surface area (TPSA) is 52.0 Å². The van der Waals surface area contributed by atoms with Crippen LogP contribution in [-0.4, -0.2) is 4.98 Å². The first-order valence-electron chi connectivity index (χ1n) is 5.89. The van der Waals surface area contributed by atoms with E-state index in [9.17, 15) is 0 Å². The lowest BCUT2D eigenvalue weighted by Crippen LogP contribution is -2.12. The first kappa shape index (κ1) is 11.0. The second-order valence-electron chi connectivity index (χ2n) is 4.35. The van der Waals surface area contributed by atoms with Gasteiger partial charge in [-0.3, -0.25) is 4.98 Å². The van der Waals surface area contributed by atoms with Gasteiger partial charge in [-0.2, -0.15) is 0 Å². The zero-order valence-electron chi connectivity index (χ0n) is 10.1. The average molecular weight is 238 g/mol. The van der Waals surface area contributed by atoms with E-state index in [1.807, 2.05) is 37.4 Å². The van der Waals surface area contributed by atoms with Crippen LogP contribution in [0.5, 0.6) is 0 Å². The molecule has 0 bridgehead atoms. The lowest BCUT2D eigenvalue weighted by molar-refractivity contribution is 0.527. The molecule has 0 fully saturated rings. The number of nitrogens with two attached hydrogens (primary N) is 1. The molecule has 3 aromatic rings. The van der Waals surface area contributed by atoms with Crippen LogP contribution >= 0.6 is 0 Å². The van der Waals surface area contributed by atoms with Gasteiger partial charge >= 0.3 is 0 Å². The molecule has 18 heavy (non-hydrogen) atoms. The van der Waals surface area contributed by atoms with Crippen LogP contribution in [-0.2, 0) is 0 Å². The fourth-order valence-corrected chi connectivity index (χ4v) is 2.30. The van der Waals surface area contributed by atoms with Crippen molar-refractivity contribution in [2.45, 2.75) is 13.0 Å². The molecule has 0 aliphatic carbocycles. The Bertz CT molecular complexity index is 682. The van der Waals surface area contributed by atoms with Gasteiger partial charge in [0.2, 0.25) is 0 Å². The molecule has 0 radical (unpaired) electrons. The zero-order chi connectivity index (χ0) is 12.5. The van der Waals surface area contributed by atoms with Crippen LogP contribution in [0, 0.1) is 6.92 Å². The fourth-order valence-electron chi connectivity index (χ4n) is 2.30. The van der Waals surface area contributed by atoms with Crippen molar-refractivity contribution in [2.24, 2.45) is 5.73 Å². The summed E-state index contributed by atoms with van der Waals surface area (Å²) in [6.07, 6.45) is 5.33. The SMILES string of the molecule is Cc1occc1C(N)c1cccc2cnccc12. The van der Waals surface area contributed by atoms with Crippen molar-refractivity contribution >= 4 is 10.8 Å². The molecule has 0 saturated heterocycles. The molecule has 3 rings (SSSR count). The number of hydrogen-bond donors (Lipinski definition) is 1. The van der Waals surface area contributed by atoms with Crippen LogP contribution in [0.25, 0.3) is 10.8 Å². The summed E-state index contributed by atoms with van der Waals surface area (Å²) in [4.78, 5) is 4.13. The molecule has 0 aliphatic heterocycles. The Hall–Kier alpha value is -2.13. The van der Waals surface area contributed by atoms with Crippen molar-refractivity contribution in [1.29, 1.82) is 0 Å². The van der Waals surface area contributed by atoms with Crippen LogP contribution < -0.4 is 5.73 Å². The van der Waals surface area contributed by atoms with Crippen LogP contribution in [0.2, 0.25) is 0 Å². The average Bonchev–Trinajstić information content (AvgIpc) is 2.83. The fraction of sp³-hybridized carbons (Fsp3) is 0.133. The van der Waals surface area contributed by atoms with Gasteiger partial charge in [-0.25, -0.2) is 0 Å². The maximum absolute atomic E-state index is 6.35. The van der Waals surface area contributed by atoms with Crippen molar-refractivity contribution in [2.75, 3.05) is 0 Å². The summed E-state index contributed by atoms with van der Waals surface area (Å²) in [6.45, 7) is 1.93. The molecule has 2 aromatic heterocycles. The van der Waals surface area contributed by atoms with E-state index in [4.69, 9.17) is 10.2 Å². The standard InChI is InChI=1S/C15H14N2O/c1-10-12(6-8-18-10)15(16)14-4-2-3-11-9-17-7-5-13(11)14/h2-9,15H,16H2,1H3. The van der Waals surface area contributed by atoms with E-state index in [0.717, 1.165) is 27.7 Å². The zero-order valence-corrected chi connectivity index (χ0v) is 10.1. The summed E-state index contributed by atoms with van der Waals surface area (Å²) in [5, 5.41) is 2.24. The Labute approximate surface area is 105 Å². The predicted octanol–water partition coefficient (Wildman–Crippen LogP) is 3.18. The second-order valence-corrected chi connectivity index (χ2v) is 4.35. The Morgan fingerprint density at radius 2 is 2.06 bits per heavy atom. The van der Waals surface area contributed by atoms with E-state index in [1.165, 1.54) is 0 Å². The number of rotatable bonds is 2. The second kappa shape index (κ2) is 4.27. The van der Waals surface area contributed by atoms with Crippen LogP contribution in [0.4, 0.5) is 0 Å². The van der Waals surface area contributed by atoms with Crippen molar-refractivity contribution < 1.29 is 4.42 Å². The predicted molar refractivity (Wildman–Crippen MR) is 71.2 cm³/mol. The highest BCUT2D eigenvalue weighted by Gasteiger charge is 2.15. The molecule has 2 heterocycles. The third-order valence-corrected chi connectivity index (χ3v) is 3.28. The highest BCUT2D eigenvalue weighted by atomic mass is 16.3. The van der Waals surface area contributed by atoms with Gasteiger partial charge in [0, 0.05) is 23.3 Å². The largest absolute Gasteiger partial charge is 0.469 e. The summed E-state index contributed by atoms with van der Waals surface area (Å²) in [7, 11) is 0. The Morgan fingerprint density at radius 3 is 2.83 bits per heavy atom. The van der Waals surface area contributed by atoms with E-state index in [1.54, 1.807) is 12.5 Å². The van der Waals surface area contributed by atoms with Crippen LogP contribution in [0.1, 0.15) is 22.9 Å². The third kappa shape index (κ3) is 1.69. The number of aryl methyl sites for hydroxylation is 1. The van der Waals surface area contributed by atoms with Gasteiger partial charge in [0.05, 0.1) is 12.3 Å². The van der Waals surface area contributed by atoms with Gasteiger partial charge in [0.25, 0.3) is 0 Å². The smallest absolute Gasteiger partial charge is 0.105 e. The van der Waals surface area contributed by atoms with Crippen molar-refractivity contribution in [3.05, 3.63) is 65.9 Å². The molecule has 1 aromatic carbocycles. The van der Waals surface area contributed by atoms with Gasteiger partial charge in [-0.05, 0) is 30.0 Å². The molecule has 3 heteroatoms. The molecule has 0 spiro atoms. The van der Waals surface area contributed by atoms with Gasteiger partial charge in [0.1, 0.15) is 5.76 Å². The molecular formula is C15H14N2O. The molecule has 3 nitrogen and oxygen atoms in total. The first-order chi connectivity index (χ1) is 8.77. The van der Waals surface area contributed by atoms with Crippen molar-refractivity contribution in [3.8, 4) is 0 Å². The monoisotopic (exact) mass is 238 g/mol. The highest BCUT2D eigenvalue weighted by Crippen LogP contribution is 2.28. The Balaban J connectivity index is 2.18. The number of pyridine rings is 1. The van der Waals surface area contributed by atoms with Crippen molar-refractivity contribution in [1.82, 2.24) is 4.98 Å². The summed E-state index contributed by atoms with van der Waals surface area (Å²) in [5.41, 5.74) is 8.47. The number of benzene rings is 1. The third-order valence-electron chi connectivity index (χ3n) is 3.28. The maximum atomic E-state index is 6.35. The van der Waals surface area contributed by atoms with Crippen molar-refractivity contribution in [3.63, 3.8) is 0 Å². The van der Waals surface area contributed by atoms with Gasteiger partial charge in [0.15, 0.2) is 0 Å². The number of hydrogen-bond acceptors (Lipinski definition) is 3. The Morgan fingerprint density at radius 1 is 1.17 bits per heavy atom. The number of furan rings is 1. The summed E-state index contributed by atoms with van der Waals surface area (Å²) < 4.78 is 5.33. The van der Waals surface area contributed by atoms with E-state index in [0.29, 0.717) is 0 Å². The van der Waals surface area contributed by atoms with Gasteiger partial charge in [-0.15, -0.1) is 0 Å². The summed E-state index contributed by atoms with van der Waals surface area (Å²) in [5.74, 6) is 0.869.